The van der Waals surface area contributed by atoms with Crippen molar-refractivity contribution < 1.29 is 4.79 Å². The summed E-state index contributed by atoms with van der Waals surface area (Å²) in [4.78, 5) is 39.9. The number of hydrogen-bond donors (Lipinski definition) is 2. The lowest BCUT2D eigenvalue weighted by Gasteiger charge is -2.31. The fourth-order valence-electron chi connectivity index (χ4n) is 3.35. The minimum absolute atomic E-state index is 0.0349. The molecule has 0 saturated heterocycles. The van der Waals surface area contributed by atoms with Crippen molar-refractivity contribution in [3.05, 3.63) is 68.0 Å². The van der Waals surface area contributed by atoms with E-state index in [-0.39, 0.29) is 18.5 Å². The first-order valence-electron chi connectivity index (χ1n) is 8.81. The number of aryl methyl sites for hydroxylation is 1. The van der Waals surface area contributed by atoms with Gasteiger partial charge in [-0.3, -0.25) is 24.0 Å². The van der Waals surface area contributed by atoms with Gasteiger partial charge in [0.1, 0.15) is 6.54 Å². The highest BCUT2D eigenvalue weighted by atomic mass is 16.2. The molecule has 1 amide bonds. The molecule has 2 heterocycles. The maximum Gasteiger partial charge on any atom is 0.328 e. The molecule has 1 atom stereocenters. The number of nitrogens with zero attached hydrogens (tertiary/aromatic N) is 2. The third-order valence-corrected chi connectivity index (χ3v) is 4.65. The van der Waals surface area contributed by atoms with Crippen LogP contribution in [0.15, 0.2) is 40.1 Å². The van der Waals surface area contributed by atoms with Gasteiger partial charge in [0.05, 0.1) is 0 Å². The molecular formula is C19H24N4O3. The lowest BCUT2D eigenvalue weighted by Crippen LogP contribution is -2.45. The van der Waals surface area contributed by atoms with Crippen molar-refractivity contribution in [1.82, 2.24) is 19.8 Å². The standard InChI is InChI=1S/C19H24N4O3/c1-13-9-23(19(26)21-18(13)25)12-17(24)20-14(2)10-22-8-7-15-5-3-4-6-16(15)11-22/h3-6,9,14H,7-8,10-12H2,1-2H3,(H,20,24)(H,21,25,26)/t14-/m1/s1. The third-order valence-electron chi connectivity index (χ3n) is 4.65. The van der Waals surface area contributed by atoms with Crippen LogP contribution in [-0.4, -0.2) is 39.5 Å². The highest BCUT2D eigenvalue weighted by Gasteiger charge is 2.18. The summed E-state index contributed by atoms with van der Waals surface area (Å²) < 4.78 is 1.22. The van der Waals surface area contributed by atoms with Crippen molar-refractivity contribution in [1.29, 1.82) is 0 Å². The molecule has 1 aliphatic rings. The topological polar surface area (TPSA) is 87.2 Å². The minimum atomic E-state index is -0.573. The van der Waals surface area contributed by atoms with Crippen LogP contribution in [0.4, 0.5) is 0 Å². The number of nitrogens with one attached hydrogen (secondary N) is 2. The molecule has 0 spiro atoms. The van der Waals surface area contributed by atoms with E-state index in [0.717, 1.165) is 26.1 Å². The number of carbonyl (C=O) groups excluding carboxylic acids is 1. The molecule has 2 aromatic rings. The number of benzene rings is 1. The number of aromatic amines is 1. The zero-order chi connectivity index (χ0) is 18.7. The van der Waals surface area contributed by atoms with Crippen LogP contribution in [0, 0.1) is 6.92 Å². The van der Waals surface area contributed by atoms with E-state index < -0.39 is 11.2 Å². The van der Waals surface area contributed by atoms with Crippen molar-refractivity contribution in [3.63, 3.8) is 0 Å². The van der Waals surface area contributed by atoms with Crippen LogP contribution in [-0.2, 0) is 24.3 Å². The lowest BCUT2D eigenvalue weighted by molar-refractivity contribution is -0.122. The molecule has 1 aromatic heterocycles. The SMILES string of the molecule is Cc1cn(CC(=O)N[C@H](C)CN2CCc3ccccc3C2)c(=O)[nH]c1=O. The van der Waals surface area contributed by atoms with Gasteiger partial charge >= 0.3 is 5.69 Å². The Bertz CT molecular complexity index is 915. The second-order valence-electron chi connectivity index (χ2n) is 6.92. The minimum Gasteiger partial charge on any atom is -0.351 e. The first-order valence-corrected chi connectivity index (χ1v) is 8.81. The number of carbonyl (C=O) groups is 1. The summed E-state index contributed by atoms with van der Waals surface area (Å²) in [5, 5.41) is 2.93. The lowest BCUT2D eigenvalue weighted by atomic mass is 10.00. The number of aromatic nitrogens is 2. The molecule has 0 bridgehead atoms. The van der Waals surface area contributed by atoms with Gasteiger partial charge in [-0.05, 0) is 31.4 Å². The number of H-pyrrole nitrogens is 1. The molecule has 7 heteroatoms. The molecule has 0 aliphatic carbocycles. The van der Waals surface area contributed by atoms with E-state index in [1.807, 2.05) is 6.92 Å². The van der Waals surface area contributed by atoms with Crippen LogP contribution in [0.3, 0.4) is 0 Å². The Morgan fingerprint density at radius 1 is 1.27 bits per heavy atom. The zero-order valence-corrected chi connectivity index (χ0v) is 15.1. The maximum absolute atomic E-state index is 12.2. The molecule has 138 valence electrons. The summed E-state index contributed by atoms with van der Waals surface area (Å²) in [6, 6.07) is 8.40. The molecule has 0 radical (unpaired) electrons. The fraction of sp³-hybridized carbons (Fsp3) is 0.421. The summed E-state index contributed by atoms with van der Waals surface area (Å²) in [6.45, 7) is 6.05. The zero-order valence-electron chi connectivity index (χ0n) is 15.1. The van der Waals surface area contributed by atoms with Crippen molar-refractivity contribution in [2.75, 3.05) is 13.1 Å². The van der Waals surface area contributed by atoms with Crippen LogP contribution in [0.5, 0.6) is 0 Å². The predicted octanol–water partition coefficient (Wildman–Crippen LogP) is 0.408. The van der Waals surface area contributed by atoms with Gasteiger partial charge in [-0.1, -0.05) is 24.3 Å². The molecule has 2 N–H and O–H groups in total. The number of amides is 1. The Balaban J connectivity index is 1.54. The van der Waals surface area contributed by atoms with Crippen molar-refractivity contribution in [2.45, 2.75) is 39.4 Å². The van der Waals surface area contributed by atoms with Crippen LogP contribution >= 0.6 is 0 Å². The average Bonchev–Trinajstić information content (AvgIpc) is 2.59. The number of hydrogen-bond acceptors (Lipinski definition) is 4. The Hall–Kier alpha value is -2.67. The smallest absolute Gasteiger partial charge is 0.328 e. The van der Waals surface area contributed by atoms with Crippen LogP contribution in [0.25, 0.3) is 0 Å². The highest BCUT2D eigenvalue weighted by Crippen LogP contribution is 2.18. The fourth-order valence-corrected chi connectivity index (χ4v) is 3.35. The number of fused-ring (bicyclic) bond motifs is 1. The Kier molecular flexibility index (Phi) is 5.37. The molecule has 7 nitrogen and oxygen atoms in total. The summed E-state index contributed by atoms with van der Waals surface area (Å²) in [7, 11) is 0. The second kappa shape index (κ2) is 7.70. The largest absolute Gasteiger partial charge is 0.351 e. The van der Waals surface area contributed by atoms with Crippen molar-refractivity contribution in [3.8, 4) is 0 Å². The van der Waals surface area contributed by atoms with Gasteiger partial charge in [0.25, 0.3) is 5.56 Å². The van der Waals surface area contributed by atoms with E-state index in [2.05, 4.69) is 39.5 Å². The first kappa shape index (κ1) is 18.1. The van der Waals surface area contributed by atoms with Gasteiger partial charge in [-0.2, -0.15) is 0 Å². The normalized spacial score (nSPS) is 15.3. The highest BCUT2D eigenvalue weighted by molar-refractivity contribution is 5.76. The molecule has 0 unspecified atom stereocenters. The Morgan fingerprint density at radius 2 is 2.00 bits per heavy atom. The van der Waals surface area contributed by atoms with E-state index in [1.165, 1.54) is 21.9 Å². The summed E-state index contributed by atoms with van der Waals surface area (Å²) in [5.74, 6) is -0.247. The first-order chi connectivity index (χ1) is 12.4. The predicted molar refractivity (Wildman–Crippen MR) is 99.1 cm³/mol. The van der Waals surface area contributed by atoms with Gasteiger partial charge in [0.2, 0.25) is 5.91 Å². The molecule has 26 heavy (non-hydrogen) atoms. The van der Waals surface area contributed by atoms with E-state index in [0.29, 0.717) is 5.56 Å². The molecule has 3 rings (SSSR count). The average molecular weight is 356 g/mol. The quantitative estimate of drug-likeness (QED) is 0.812. The molecule has 1 aromatic carbocycles. The third kappa shape index (κ3) is 4.29. The van der Waals surface area contributed by atoms with E-state index in [4.69, 9.17) is 0 Å². The Morgan fingerprint density at radius 3 is 2.77 bits per heavy atom. The van der Waals surface area contributed by atoms with Crippen LogP contribution < -0.4 is 16.6 Å². The molecular weight excluding hydrogens is 332 g/mol. The molecule has 0 saturated carbocycles. The summed E-state index contributed by atoms with van der Waals surface area (Å²) in [5.41, 5.74) is 2.14. The second-order valence-corrected chi connectivity index (χ2v) is 6.92. The van der Waals surface area contributed by atoms with Gasteiger partial charge < -0.3 is 5.32 Å². The van der Waals surface area contributed by atoms with Crippen molar-refractivity contribution in [2.24, 2.45) is 0 Å². The number of rotatable bonds is 5. The van der Waals surface area contributed by atoms with Gasteiger partial charge in [0.15, 0.2) is 0 Å². The van der Waals surface area contributed by atoms with Gasteiger partial charge in [-0.15, -0.1) is 0 Å². The van der Waals surface area contributed by atoms with E-state index in [9.17, 15) is 14.4 Å². The van der Waals surface area contributed by atoms with Gasteiger partial charge in [-0.25, -0.2) is 4.79 Å². The monoisotopic (exact) mass is 356 g/mol. The summed E-state index contributed by atoms with van der Waals surface area (Å²) in [6.07, 6.45) is 2.43. The van der Waals surface area contributed by atoms with Crippen molar-refractivity contribution >= 4 is 5.91 Å². The van der Waals surface area contributed by atoms with Crippen LogP contribution in [0.2, 0.25) is 0 Å². The molecule has 1 aliphatic heterocycles. The summed E-state index contributed by atoms with van der Waals surface area (Å²) >= 11 is 0. The Labute approximate surface area is 151 Å². The van der Waals surface area contributed by atoms with Crippen LogP contribution in [0.1, 0.15) is 23.6 Å². The maximum atomic E-state index is 12.2. The van der Waals surface area contributed by atoms with Gasteiger partial charge in [0, 0.05) is 37.4 Å². The molecule has 0 fully saturated rings. The van der Waals surface area contributed by atoms with E-state index in [1.54, 1.807) is 6.92 Å². The van der Waals surface area contributed by atoms with E-state index >= 15 is 0 Å².